The van der Waals surface area contributed by atoms with Gasteiger partial charge in [0.2, 0.25) is 5.91 Å². The first-order valence-electron chi connectivity index (χ1n) is 8.85. The summed E-state index contributed by atoms with van der Waals surface area (Å²) in [5.41, 5.74) is 2.49. The third-order valence-corrected chi connectivity index (χ3v) is 6.97. The van der Waals surface area contributed by atoms with E-state index in [1.54, 1.807) is 34.1 Å². The number of fused-ring (bicyclic) bond motifs is 1. The molecule has 2 aromatic rings. The summed E-state index contributed by atoms with van der Waals surface area (Å²) in [5.74, 6) is 0.0122. The first-order valence-corrected chi connectivity index (χ1v) is 10.7. The van der Waals surface area contributed by atoms with Crippen molar-refractivity contribution in [1.29, 1.82) is 0 Å². The molecule has 0 spiro atoms. The van der Waals surface area contributed by atoms with Crippen molar-refractivity contribution in [3.8, 4) is 11.1 Å². The number of rotatable bonds is 2. The average Bonchev–Trinajstić information content (AvgIpc) is 3.07. The van der Waals surface area contributed by atoms with Gasteiger partial charge >= 0.3 is 6.09 Å². The quantitative estimate of drug-likeness (QED) is 0.816. The van der Waals surface area contributed by atoms with Gasteiger partial charge in [-0.25, -0.2) is 13.2 Å². The number of aromatic nitrogens is 2. The smallest absolute Gasteiger partial charge is 0.411 e. The molecule has 2 amide bonds. The highest BCUT2D eigenvalue weighted by Crippen LogP contribution is 2.39. The zero-order valence-corrected chi connectivity index (χ0v) is 16.3. The van der Waals surface area contributed by atoms with Crippen LogP contribution in [0.5, 0.6) is 0 Å². The normalized spacial score (nSPS) is 21.1. The maximum Gasteiger partial charge on any atom is 0.411 e. The van der Waals surface area contributed by atoms with Crippen molar-refractivity contribution in [3.63, 3.8) is 0 Å². The van der Waals surface area contributed by atoms with E-state index in [2.05, 4.69) is 5.10 Å². The standard InChI is InChI=1S/C18H20N4O5S/c1-11-7-20(18(24)25)17-5-13(3-4-16(17)22(11)12(2)23)14-6-19-21(8-14)15-9-28(26,27)10-15/h3-6,8,11,15H,7,9-10H2,1-2H3,(H,24,25)/t11-/m0/s1. The Balaban J connectivity index is 1.71. The van der Waals surface area contributed by atoms with Crippen LogP contribution in [0.15, 0.2) is 30.6 Å². The molecule has 1 fully saturated rings. The van der Waals surface area contributed by atoms with Crippen molar-refractivity contribution < 1.29 is 23.1 Å². The van der Waals surface area contributed by atoms with E-state index in [4.69, 9.17) is 0 Å². The zero-order valence-electron chi connectivity index (χ0n) is 15.4. The lowest BCUT2D eigenvalue weighted by Gasteiger charge is -2.39. The topological polar surface area (TPSA) is 113 Å². The van der Waals surface area contributed by atoms with Crippen LogP contribution in [0.3, 0.4) is 0 Å². The van der Waals surface area contributed by atoms with Gasteiger partial charge in [-0.05, 0) is 24.6 Å². The highest BCUT2D eigenvalue weighted by Gasteiger charge is 2.36. The van der Waals surface area contributed by atoms with Gasteiger partial charge in [-0.3, -0.25) is 14.4 Å². The lowest BCUT2D eigenvalue weighted by atomic mass is 10.0. The van der Waals surface area contributed by atoms with Crippen molar-refractivity contribution in [1.82, 2.24) is 9.78 Å². The highest BCUT2D eigenvalue weighted by atomic mass is 32.2. The number of carbonyl (C=O) groups excluding carboxylic acids is 1. The van der Waals surface area contributed by atoms with Crippen LogP contribution in [0.25, 0.3) is 11.1 Å². The molecule has 1 aromatic heterocycles. The molecule has 4 rings (SSSR count). The molecule has 28 heavy (non-hydrogen) atoms. The minimum Gasteiger partial charge on any atom is -0.465 e. The molecule has 1 N–H and O–H groups in total. The van der Waals surface area contributed by atoms with Gasteiger partial charge in [-0.15, -0.1) is 0 Å². The summed E-state index contributed by atoms with van der Waals surface area (Å²) in [5, 5.41) is 13.9. The van der Waals surface area contributed by atoms with E-state index in [0.29, 0.717) is 11.4 Å². The van der Waals surface area contributed by atoms with Crippen LogP contribution < -0.4 is 9.80 Å². The average molecular weight is 404 g/mol. The Labute approximate surface area is 162 Å². The fourth-order valence-electron chi connectivity index (χ4n) is 3.84. The van der Waals surface area contributed by atoms with Crippen LogP contribution in [0.1, 0.15) is 19.9 Å². The summed E-state index contributed by atoms with van der Waals surface area (Å²) in [6, 6.07) is 4.84. The van der Waals surface area contributed by atoms with E-state index in [1.165, 1.54) is 11.8 Å². The molecule has 0 aliphatic carbocycles. The molecule has 2 aliphatic heterocycles. The fraction of sp³-hybridized carbons (Fsp3) is 0.389. The van der Waals surface area contributed by atoms with Crippen LogP contribution in [0.2, 0.25) is 0 Å². The van der Waals surface area contributed by atoms with E-state index in [-0.39, 0.29) is 36.0 Å². The molecule has 1 saturated heterocycles. The number of hydrogen-bond donors (Lipinski definition) is 1. The van der Waals surface area contributed by atoms with Gasteiger partial charge in [0.1, 0.15) is 0 Å². The molecule has 0 saturated carbocycles. The zero-order chi connectivity index (χ0) is 20.2. The molecule has 9 nitrogen and oxygen atoms in total. The summed E-state index contributed by atoms with van der Waals surface area (Å²) >= 11 is 0. The lowest BCUT2D eigenvalue weighted by molar-refractivity contribution is -0.117. The second kappa shape index (κ2) is 6.33. The van der Waals surface area contributed by atoms with E-state index in [1.807, 2.05) is 13.0 Å². The molecule has 0 radical (unpaired) electrons. The maximum absolute atomic E-state index is 12.1. The number of carbonyl (C=O) groups is 2. The van der Waals surface area contributed by atoms with Gasteiger partial charge in [-0.1, -0.05) is 6.07 Å². The van der Waals surface area contributed by atoms with E-state index in [9.17, 15) is 23.1 Å². The maximum atomic E-state index is 12.1. The number of amides is 2. The van der Waals surface area contributed by atoms with Crippen LogP contribution in [-0.4, -0.2) is 59.4 Å². The van der Waals surface area contributed by atoms with Gasteiger partial charge in [0.05, 0.1) is 41.2 Å². The first kappa shape index (κ1) is 18.5. The molecule has 0 bridgehead atoms. The van der Waals surface area contributed by atoms with E-state index < -0.39 is 15.9 Å². The fourth-order valence-corrected chi connectivity index (χ4v) is 5.22. The molecule has 1 aromatic carbocycles. The monoisotopic (exact) mass is 404 g/mol. The van der Waals surface area contributed by atoms with Gasteiger partial charge in [0, 0.05) is 25.2 Å². The third-order valence-electron chi connectivity index (χ3n) is 5.19. The SMILES string of the molecule is CC(=O)N1c2ccc(-c3cnn(C4CS(=O)(=O)C4)c3)cc2N(C(=O)O)C[C@@H]1C. The molecule has 1 atom stereocenters. The van der Waals surface area contributed by atoms with Crippen LogP contribution in [0.4, 0.5) is 16.2 Å². The Bertz CT molecular complexity index is 1070. The van der Waals surface area contributed by atoms with Crippen LogP contribution in [-0.2, 0) is 14.6 Å². The first-order chi connectivity index (χ1) is 13.2. The van der Waals surface area contributed by atoms with Crippen molar-refractivity contribution in [3.05, 3.63) is 30.6 Å². The predicted octanol–water partition coefficient (Wildman–Crippen LogP) is 1.76. The van der Waals surface area contributed by atoms with Crippen LogP contribution >= 0.6 is 0 Å². The Kier molecular flexibility index (Phi) is 4.18. The van der Waals surface area contributed by atoms with Crippen LogP contribution in [0, 0.1) is 0 Å². The number of nitrogens with zero attached hydrogens (tertiary/aromatic N) is 4. The minimum atomic E-state index is -2.95. The molecule has 148 valence electrons. The largest absolute Gasteiger partial charge is 0.465 e. The summed E-state index contributed by atoms with van der Waals surface area (Å²) in [4.78, 5) is 26.6. The molecule has 0 unspecified atom stereocenters. The van der Waals surface area contributed by atoms with Crippen molar-refractivity contribution in [2.24, 2.45) is 0 Å². The van der Waals surface area contributed by atoms with Crippen molar-refractivity contribution in [2.45, 2.75) is 25.9 Å². The highest BCUT2D eigenvalue weighted by molar-refractivity contribution is 7.92. The Morgan fingerprint density at radius 2 is 1.89 bits per heavy atom. The van der Waals surface area contributed by atoms with Gasteiger partial charge < -0.3 is 10.0 Å². The number of anilines is 2. The second-order valence-electron chi connectivity index (χ2n) is 7.27. The number of sulfone groups is 1. The summed E-state index contributed by atoms with van der Waals surface area (Å²) in [6.45, 7) is 3.46. The number of carboxylic acid groups (broad SMARTS) is 1. The van der Waals surface area contributed by atoms with Gasteiger partial charge in [0.25, 0.3) is 0 Å². The number of benzene rings is 1. The number of hydrogen-bond acceptors (Lipinski definition) is 5. The summed E-state index contributed by atoms with van der Waals surface area (Å²) in [7, 11) is -2.95. The van der Waals surface area contributed by atoms with Gasteiger partial charge in [-0.2, -0.15) is 5.10 Å². The van der Waals surface area contributed by atoms with E-state index in [0.717, 1.165) is 11.1 Å². The molecular formula is C18H20N4O5S. The molecule has 2 aliphatic rings. The second-order valence-corrected chi connectivity index (χ2v) is 9.43. The Hall–Kier alpha value is -2.88. The summed E-state index contributed by atoms with van der Waals surface area (Å²) < 4.78 is 24.4. The van der Waals surface area contributed by atoms with Gasteiger partial charge in [0.15, 0.2) is 9.84 Å². The Morgan fingerprint density at radius 3 is 2.50 bits per heavy atom. The van der Waals surface area contributed by atoms with Crippen molar-refractivity contribution >= 4 is 33.2 Å². The predicted molar refractivity (Wildman–Crippen MR) is 103 cm³/mol. The minimum absolute atomic E-state index is 0.0799. The van der Waals surface area contributed by atoms with Crippen molar-refractivity contribution in [2.75, 3.05) is 27.9 Å². The third kappa shape index (κ3) is 3.03. The lowest BCUT2D eigenvalue weighted by Crippen LogP contribution is -2.51. The molecule has 3 heterocycles. The summed E-state index contributed by atoms with van der Waals surface area (Å²) in [6.07, 6.45) is 2.32. The molecular weight excluding hydrogens is 384 g/mol. The Morgan fingerprint density at radius 1 is 1.18 bits per heavy atom. The van der Waals surface area contributed by atoms with E-state index >= 15 is 0 Å². The molecule has 10 heteroatoms.